The van der Waals surface area contributed by atoms with E-state index in [0.29, 0.717) is 19.5 Å². The van der Waals surface area contributed by atoms with Crippen LogP contribution in [0.2, 0.25) is 0 Å². The Bertz CT molecular complexity index is 226. The van der Waals surface area contributed by atoms with Crippen molar-refractivity contribution in [1.82, 2.24) is 9.80 Å². The first-order chi connectivity index (χ1) is 7.63. The standard InChI is InChI=1S/C11H22N2O2S/c1-12(6-7-16-2)8-10(14)9-13-5-3-4-11(13)15/h10,14H,3-9H2,1-2H3. The second-order valence-corrected chi connectivity index (χ2v) is 5.34. The highest BCUT2D eigenvalue weighted by atomic mass is 32.2. The van der Waals surface area contributed by atoms with Gasteiger partial charge in [-0.1, -0.05) is 0 Å². The molecule has 0 aromatic carbocycles. The molecule has 0 aliphatic carbocycles. The Kier molecular flexibility index (Phi) is 6.16. The van der Waals surface area contributed by atoms with E-state index in [2.05, 4.69) is 11.2 Å². The van der Waals surface area contributed by atoms with Crippen molar-refractivity contribution in [2.45, 2.75) is 18.9 Å². The lowest BCUT2D eigenvalue weighted by Crippen LogP contribution is -2.40. The number of carbonyl (C=O) groups excluding carboxylic acids is 1. The number of thioether (sulfide) groups is 1. The molecule has 94 valence electrons. The monoisotopic (exact) mass is 246 g/mol. The molecular formula is C11H22N2O2S. The maximum Gasteiger partial charge on any atom is 0.222 e. The van der Waals surface area contributed by atoms with Crippen LogP contribution >= 0.6 is 11.8 Å². The predicted octanol–water partition coefficient (Wildman–Crippen LogP) is 0.265. The van der Waals surface area contributed by atoms with Gasteiger partial charge in [0.1, 0.15) is 0 Å². The molecule has 0 radical (unpaired) electrons. The van der Waals surface area contributed by atoms with Crippen LogP contribution in [0.5, 0.6) is 0 Å². The lowest BCUT2D eigenvalue weighted by molar-refractivity contribution is -0.129. The summed E-state index contributed by atoms with van der Waals surface area (Å²) >= 11 is 1.80. The Morgan fingerprint density at radius 3 is 2.94 bits per heavy atom. The minimum absolute atomic E-state index is 0.186. The first-order valence-electron chi connectivity index (χ1n) is 5.77. The Morgan fingerprint density at radius 2 is 2.38 bits per heavy atom. The van der Waals surface area contributed by atoms with Crippen LogP contribution in [0, 0.1) is 0 Å². The zero-order valence-electron chi connectivity index (χ0n) is 10.2. The van der Waals surface area contributed by atoms with Crippen LogP contribution in [0.4, 0.5) is 0 Å². The van der Waals surface area contributed by atoms with Gasteiger partial charge in [-0.25, -0.2) is 0 Å². The summed E-state index contributed by atoms with van der Waals surface area (Å²) in [6.45, 7) is 2.92. The van der Waals surface area contributed by atoms with Crippen LogP contribution in [0.25, 0.3) is 0 Å². The number of aliphatic hydroxyl groups excluding tert-OH is 1. The van der Waals surface area contributed by atoms with E-state index in [1.807, 2.05) is 7.05 Å². The second-order valence-electron chi connectivity index (χ2n) is 4.35. The third-order valence-electron chi connectivity index (χ3n) is 2.80. The van der Waals surface area contributed by atoms with Crippen LogP contribution < -0.4 is 0 Å². The summed E-state index contributed by atoms with van der Waals surface area (Å²) in [4.78, 5) is 15.2. The maximum atomic E-state index is 11.4. The predicted molar refractivity (Wildman–Crippen MR) is 67.7 cm³/mol. The maximum absolute atomic E-state index is 11.4. The number of likely N-dealkylation sites (N-methyl/N-ethyl adjacent to an activating group) is 1. The molecule has 0 bridgehead atoms. The average molecular weight is 246 g/mol. The molecule has 1 atom stereocenters. The molecule has 1 N–H and O–H groups in total. The van der Waals surface area contributed by atoms with Gasteiger partial charge in [0.25, 0.3) is 0 Å². The Hall–Kier alpha value is -0.260. The minimum Gasteiger partial charge on any atom is -0.390 e. The number of carbonyl (C=O) groups is 1. The first-order valence-corrected chi connectivity index (χ1v) is 7.16. The molecule has 0 aromatic heterocycles. The summed E-state index contributed by atoms with van der Waals surface area (Å²) in [5.41, 5.74) is 0. The summed E-state index contributed by atoms with van der Waals surface area (Å²) in [5.74, 6) is 1.26. The molecule has 1 amide bonds. The van der Waals surface area contributed by atoms with Crippen LogP contribution in [0.1, 0.15) is 12.8 Å². The Labute approximate surface area is 102 Å². The third kappa shape index (κ3) is 4.72. The molecule has 1 heterocycles. The normalized spacial score (nSPS) is 18.5. The summed E-state index contributed by atoms with van der Waals surface area (Å²) < 4.78 is 0. The van der Waals surface area contributed by atoms with Gasteiger partial charge in [-0.15, -0.1) is 0 Å². The fourth-order valence-electron chi connectivity index (χ4n) is 1.91. The summed E-state index contributed by atoms with van der Waals surface area (Å²) in [7, 11) is 2.01. The number of amides is 1. The molecule has 0 aromatic rings. The smallest absolute Gasteiger partial charge is 0.222 e. The van der Waals surface area contributed by atoms with Crippen molar-refractivity contribution in [2.24, 2.45) is 0 Å². The third-order valence-corrected chi connectivity index (χ3v) is 3.39. The fourth-order valence-corrected chi connectivity index (χ4v) is 2.40. The van der Waals surface area contributed by atoms with E-state index in [4.69, 9.17) is 0 Å². The number of hydrogen-bond acceptors (Lipinski definition) is 4. The van der Waals surface area contributed by atoms with E-state index < -0.39 is 6.10 Å². The highest BCUT2D eigenvalue weighted by Crippen LogP contribution is 2.10. The van der Waals surface area contributed by atoms with Crippen molar-refractivity contribution in [2.75, 3.05) is 45.2 Å². The largest absolute Gasteiger partial charge is 0.390 e. The van der Waals surface area contributed by atoms with Crippen molar-refractivity contribution in [3.8, 4) is 0 Å². The molecule has 0 saturated carbocycles. The van der Waals surface area contributed by atoms with Crippen molar-refractivity contribution in [1.29, 1.82) is 0 Å². The quantitative estimate of drug-likeness (QED) is 0.700. The molecule has 1 unspecified atom stereocenters. The van der Waals surface area contributed by atoms with Gasteiger partial charge in [0.05, 0.1) is 6.10 Å². The number of likely N-dealkylation sites (tertiary alicyclic amines) is 1. The van der Waals surface area contributed by atoms with Crippen LogP contribution in [0.3, 0.4) is 0 Å². The molecule has 1 aliphatic heterocycles. The molecule has 1 fully saturated rings. The van der Waals surface area contributed by atoms with E-state index in [-0.39, 0.29) is 5.91 Å². The van der Waals surface area contributed by atoms with Gasteiger partial charge in [0, 0.05) is 38.4 Å². The number of rotatable bonds is 7. The summed E-state index contributed by atoms with van der Waals surface area (Å²) in [5, 5.41) is 9.85. The SMILES string of the molecule is CSCCN(C)CC(O)CN1CCCC1=O. The van der Waals surface area contributed by atoms with Crippen LogP contribution in [0.15, 0.2) is 0 Å². The van der Waals surface area contributed by atoms with Gasteiger partial charge < -0.3 is 14.9 Å². The molecule has 1 saturated heterocycles. The van der Waals surface area contributed by atoms with Crippen molar-refractivity contribution in [3.05, 3.63) is 0 Å². The lowest BCUT2D eigenvalue weighted by Gasteiger charge is -2.24. The summed E-state index contributed by atoms with van der Waals surface area (Å²) in [6, 6.07) is 0. The number of nitrogens with zero attached hydrogens (tertiary/aromatic N) is 2. The molecule has 5 heteroatoms. The molecule has 0 spiro atoms. The highest BCUT2D eigenvalue weighted by molar-refractivity contribution is 7.98. The Morgan fingerprint density at radius 1 is 1.62 bits per heavy atom. The Balaban J connectivity index is 2.19. The van der Waals surface area contributed by atoms with E-state index in [1.54, 1.807) is 16.7 Å². The summed E-state index contributed by atoms with van der Waals surface area (Å²) in [6.07, 6.45) is 3.24. The number of β-amino-alcohol motifs (C(OH)–C–C–N with tert-alkyl or cyclic N) is 1. The second kappa shape index (κ2) is 7.14. The van der Waals surface area contributed by atoms with Gasteiger partial charge >= 0.3 is 0 Å². The van der Waals surface area contributed by atoms with Gasteiger partial charge in [-0.3, -0.25) is 4.79 Å². The van der Waals surface area contributed by atoms with Crippen LogP contribution in [-0.4, -0.2) is 72.2 Å². The average Bonchev–Trinajstić information content (AvgIpc) is 2.61. The van der Waals surface area contributed by atoms with E-state index in [9.17, 15) is 9.90 Å². The van der Waals surface area contributed by atoms with Gasteiger partial charge in [-0.2, -0.15) is 11.8 Å². The zero-order chi connectivity index (χ0) is 12.0. The molecule has 1 rings (SSSR count). The van der Waals surface area contributed by atoms with E-state index >= 15 is 0 Å². The molecule has 1 aliphatic rings. The first kappa shape index (κ1) is 13.8. The van der Waals surface area contributed by atoms with Crippen molar-refractivity contribution >= 4 is 17.7 Å². The number of aliphatic hydroxyl groups is 1. The molecule has 4 nitrogen and oxygen atoms in total. The topological polar surface area (TPSA) is 43.8 Å². The van der Waals surface area contributed by atoms with Gasteiger partial charge in [-0.05, 0) is 19.7 Å². The lowest BCUT2D eigenvalue weighted by atomic mass is 10.3. The fraction of sp³-hybridized carbons (Fsp3) is 0.909. The molecule has 16 heavy (non-hydrogen) atoms. The minimum atomic E-state index is -0.422. The highest BCUT2D eigenvalue weighted by Gasteiger charge is 2.22. The van der Waals surface area contributed by atoms with E-state index in [1.165, 1.54) is 0 Å². The molecular weight excluding hydrogens is 224 g/mol. The van der Waals surface area contributed by atoms with Gasteiger partial charge in [0.2, 0.25) is 5.91 Å². The van der Waals surface area contributed by atoms with Crippen molar-refractivity contribution < 1.29 is 9.90 Å². The van der Waals surface area contributed by atoms with E-state index in [0.717, 1.165) is 25.3 Å². The van der Waals surface area contributed by atoms with Crippen molar-refractivity contribution in [3.63, 3.8) is 0 Å². The number of hydrogen-bond donors (Lipinski definition) is 1. The zero-order valence-corrected chi connectivity index (χ0v) is 11.0. The van der Waals surface area contributed by atoms with Gasteiger partial charge in [0.15, 0.2) is 0 Å². The van der Waals surface area contributed by atoms with Crippen LogP contribution in [-0.2, 0) is 4.79 Å².